The maximum absolute atomic E-state index is 11.1. The molecule has 0 amide bonds. The Morgan fingerprint density at radius 2 is 1.31 bits per heavy atom. The van der Waals surface area contributed by atoms with Gasteiger partial charge in [-0.15, -0.1) is 0 Å². The van der Waals surface area contributed by atoms with Gasteiger partial charge in [-0.3, -0.25) is 25.5 Å². The average molecular weight is 427 g/mol. The fourth-order valence-corrected chi connectivity index (χ4v) is 4.06. The highest BCUT2D eigenvalue weighted by Gasteiger charge is 2.31. The number of nitro groups is 2. The molecule has 158 valence electrons. The number of nitro benzene ring substituents is 2. The summed E-state index contributed by atoms with van der Waals surface area (Å²) in [5.74, 6) is 0.689. The van der Waals surface area contributed by atoms with Crippen LogP contribution in [0.1, 0.15) is 29.0 Å². The quantitative estimate of drug-likeness (QED) is 0.344. The molecule has 4 aromatic rings. The molecule has 0 aliphatic carbocycles. The topological polar surface area (TPSA) is 108 Å². The zero-order valence-electron chi connectivity index (χ0n) is 16.7. The van der Waals surface area contributed by atoms with Gasteiger partial charge in [0.15, 0.2) is 6.23 Å². The number of hydrogen-bond donors (Lipinski definition) is 1. The van der Waals surface area contributed by atoms with E-state index in [1.807, 2.05) is 36.4 Å². The second-order valence-electron chi connectivity index (χ2n) is 7.49. The summed E-state index contributed by atoms with van der Waals surface area (Å²) in [6, 6.07) is 24.2. The molecule has 1 heterocycles. The third-order valence-electron chi connectivity index (χ3n) is 5.63. The number of fused-ring (bicyclic) bond motifs is 3. The lowest BCUT2D eigenvalue weighted by atomic mass is 9.91. The number of rotatable bonds is 4. The fourth-order valence-electron chi connectivity index (χ4n) is 4.06. The van der Waals surface area contributed by atoms with Crippen LogP contribution in [-0.2, 0) is 0 Å². The third kappa shape index (κ3) is 3.42. The predicted molar refractivity (Wildman–Crippen MR) is 118 cm³/mol. The van der Waals surface area contributed by atoms with E-state index in [1.165, 1.54) is 24.3 Å². The molecular formula is C24H17N3O5. The van der Waals surface area contributed by atoms with Crippen molar-refractivity contribution in [3.63, 3.8) is 0 Å². The Bertz CT molecular complexity index is 1340. The predicted octanol–water partition coefficient (Wildman–Crippen LogP) is 5.43. The summed E-state index contributed by atoms with van der Waals surface area (Å²) in [5.41, 5.74) is 2.55. The molecule has 2 atom stereocenters. The van der Waals surface area contributed by atoms with Crippen LogP contribution in [0.5, 0.6) is 5.75 Å². The van der Waals surface area contributed by atoms with Crippen LogP contribution in [0.25, 0.3) is 10.8 Å². The number of non-ortho nitro benzene ring substituents is 2. The zero-order valence-corrected chi connectivity index (χ0v) is 16.7. The van der Waals surface area contributed by atoms with E-state index in [0.29, 0.717) is 5.75 Å². The van der Waals surface area contributed by atoms with Crippen molar-refractivity contribution in [1.29, 1.82) is 0 Å². The minimum atomic E-state index is -0.551. The summed E-state index contributed by atoms with van der Waals surface area (Å²) in [7, 11) is 0. The molecule has 1 N–H and O–H groups in total. The van der Waals surface area contributed by atoms with Gasteiger partial charge in [0, 0.05) is 35.4 Å². The molecule has 0 saturated heterocycles. The summed E-state index contributed by atoms with van der Waals surface area (Å²) < 4.78 is 6.25. The highest BCUT2D eigenvalue weighted by molar-refractivity contribution is 5.89. The van der Waals surface area contributed by atoms with Crippen LogP contribution in [0.4, 0.5) is 11.4 Å². The molecule has 8 heteroatoms. The van der Waals surface area contributed by atoms with E-state index in [1.54, 1.807) is 24.3 Å². The standard InChI is InChI=1S/C24H17N3O5/c28-26(29)18-10-5-16(6-11-18)23-22-20-4-2-1-3-15(20)9-14-21(22)32-24(25-23)17-7-12-19(13-8-17)27(30)31/h1-14,23-25H/t23-,24+/m0/s1. The number of hydrogen-bond acceptors (Lipinski definition) is 6. The Morgan fingerprint density at radius 3 is 1.94 bits per heavy atom. The van der Waals surface area contributed by atoms with E-state index in [9.17, 15) is 20.2 Å². The summed E-state index contributed by atoms with van der Waals surface area (Å²) in [5, 5.41) is 27.6. The van der Waals surface area contributed by atoms with Gasteiger partial charge in [0.05, 0.1) is 15.9 Å². The molecule has 0 aromatic heterocycles. The van der Waals surface area contributed by atoms with E-state index in [4.69, 9.17) is 4.74 Å². The van der Waals surface area contributed by atoms with Crippen molar-refractivity contribution in [1.82, 2.24) is 5.32 Å². The third-order valence-corrected chi connectivity index (χ3v) is 5.63. The van der Waals surface area contributed by atoms with Crippen LogP contribution < -0.4 is 10.1 Å². The summed E-state index contributed by atoms with van der Waals surface area (Å²) >= 11 is 0. The maximum Gasteiger partial charge on any atom is 0.269 e. The van der Waals surface area contributed by atoms with Crippen molar-refractivity contribution in [2.45, 2.75) is 12.3 Å². The molecular weight excluding hydrogens is 410 g/mol. The van der Waals surface area contributed by atoms with E-state index < -0.39 is 16.1 Å². The Hall–Kier alpha value is -4.30. The first-order valence-corrected chi connectivity index (χ1v) is 9.94. The monoisotopic (exact) mass is 427 g/mol. The first-order valence-electron chi connectivity index (χ1n) is 9.94. The van der Waals surface area contributed by atoms with Gasteiger partial charge in [0.2, 0.25) is 0 Å². The van der Waals surface area contributed by atoms with Crippen LogP contribution >= 0.6 is 0 Å². The molecule has 0 saturated carbocycles. The highest BCUT2D eigenvalue weighted by Crippen LogP contribution is 2.42. The molecule has 0 fully saturated rings. The largest absolute Gasteiger partial charge is 0.471 e. The highest BCUT2D eigenvalue weighted by atomic mass is 16.6. The van der Waals surface area contributed by atoms with Crippen molar-refractivity contribution in [3.8, 4) is 5.75 Å². The van der Waals surface area contributed by atoms with Gasteiger partial charge in [0.1, 0.15) is 5.75 Å². The zero-order chi connectivity index (χ0) is 22.2. The SMILES string of the molecule is O=[N+]([O-])c1ccc([C@@H]2N[C@@H](c3ccc([N+](=O)[O-])cc3)Oc3ccc4ccccc4c32)cc1. The summed E-state index contributed by atoms with van der Waals surface area (Å²) in [4.78, 5) is 21.2. The van der Waals surface area contributed by atoms with Crippen molar-refractivity contribution >= 4 is 22.1 Å². The van der Waals surface area contributed by atoms with Crippen molar-refractivity contribution in [2.75, 3.05) is 0 Å². The molecule has 0 unspecified atom stereocenters. The molecule has 1 aliphatic rings. The van der Waals surface area contributed by atoms with Gasteiger partial charge >= 0.3 is 0 Å². The first kappa shape index (κ1) is 19.7. The summed E-state index contributed by atoms with van der Waals surface area (Å²) in [6.07, 6.45) is -0.551. The molecule has 4 aromatic carbocycles. The Labute approximate surface area is 182 Å². The van der Waals surface area contributed by atoms with Gasteiger partial charge in [-0.05, 0) is 34.5 Å². The van der Waals surface area contributed by atoms with Gasteiger partial charge in [0.25, 0.3) is 11.4 Å². The van der Waals surface area contributed by atoms with Crippen LogP contribution in [0, 0.1) is 20.2 Å². The minimum absolute atomic E-state index is 0.00266. The first-order chi connectivity index (χ1) is 15.5. The normalized spacial score (nSPS) is 17.4. The maximum atomic E-state index is 11.1. The Balaban J connectivity index is 1.62. The van der Waals surface area contributed by atoms with Gasteiger partial charge < -0.3 is 4.74 Å². The van der Waals surface area contributed by atoms with Gasteiger partial charge in [-0.25, -0.2) is 0 Å². The molecule has 0 bridgehead atoms. The molecule has 8 nitrogen and oxygen atoms in total. The summed E-state index contributed by atoms with van der Waals surface area (Å²) in [6.45, 7) is 0. The number of ether oxygens (including phenoxy) is 1. The van der Waals surface area contributed by atoms with Crippen molar-refractivity contribution in [2.24, 2.45) is 0 Å². The Morgan fingerprint density at radius 1 is 0.719 bits per heavy atom. The van der Waals surface area contributed by atoms with E-state index in [-0.39, 0.29) is 17.4 Å². The number of nitrogens with zero attached hydrogens (tertiary/aromatic N) is 2. The van der Waals surface area contributed by atoms with E-state index in [0.717, 1.165) is 27.5 Å². The average Bonchev–Trinajstić information content (AvgIpc) is 2.83. The second kappa shape index (κ2) is 7.75. The van der Waals surface area contributed by atoms with E-state index in [2.05, 4.69) is 5.32 Å². The van der Waals surface area contributed by atoms with Crippen LogP contribution in [0.2, 0.25) is 0 Å². The van der Waals surface area contributed by atoms with Crippen LogP contribution in [-0.4, -0.2) is 9.85 Å². The second-order valence-corrected chi connectivity index (χ2v) is 7.49. The lowest BCUT2D eigenvalue weighted by Crippen LogP contribution is -2.35. The minimum Gasteiger partial charge on any atom is -0.471 e. The molecule has 5 rings (SSSR count). The van der Waals surface area contributed by atoms with E-state index >= 15 is 0 Å². The number of benzene rings is 4. The lowest BCUT2D eigenvalue weighted by molar-refractivity contribution is -0.385. The number of nitrogens with one attached hydrogen (secondary N) is 1. The van der Waals surface area contributed by atoms with Gasteiger partial charge in [-0.2, -0.15) is 0 Å². The molecule has 32 heavy (non-hydrogen) atoms. The molecule has 1 aliphatic heterocycles. The van der Waals surface area contributed by atoms with Crippen LogP contribution in [0.15, 0.2) is 84.9 Å². The fraction of sp³-hybridized carbons (Fsp3) is 0.0833. The van der Waals surface area contributed by atoms with Gasteiger partial charge in [-0.1, -0.05) is 42.5 Å². The molecule has 0 radical (unpaired) electrons. The smallest absolute Gasteiger partial charge is 0.269 e. The van der Waals surface area contributed by atoms with Crippen LogP contribution in [0.3, 0.4) is 0 Å². The molecule has 0 spiro atoms. The lowest BCUT2D eigenvalue weighted by Gasteiger charge is -2.35. The Kier molecular flexibility index (Phi) is 4.76. The van der Waals surface area contributed by atoms with Crippen molar-refractivity contribution in [3.05, 3.63) is 122 Å². The van der Waals surface area contributed by atoms with Crippen molar-refractivity contribution < 1.29 is 14.6 Å².